The fraction of sp³-hybridized carbons (Fsp3) is 0.188. The molecular weight excluding hydrogens is 316 g/mol. The van der Waals surface area contributed by atoms with Crippen LogP contribution in [0.5, 0.6) is 11.5 Å². The fourth-order valence-corrected chi connectivity index (χ4v) is 2.94. The summed E-state index contributed by atoms with van der Waals surface area (Å²) in [7, 11) is -3.69. The summed E-state index contributed by atoms with van der Waals surface area (Å²) in [4.78, 5) is 2.42. The number of ether oxygens (including phenoxy) is 2. The molecule has 120 valence electrons. The molecule has 2 aromatic carbocycles. The van der Waals surface area contributed by atoms with E-state index in [1.807, 2.05) is 6.92 Å². The van der Waals surface area contributed by atoms with E-state index in [1.54, 1.807) is 49.4 Å². The summed E-state index contributed by atoms with van der Waals surface area (Å²) in [6.45, 7) is 3.80. The van der Waals surface area contributed by atoms with Crippen molar-refractivity contribution in [3.63, 3.8) is 0 Å². The molecule has 0 spiro atoms. The number of rotatable bonds is 4. The van der Waals surface area contributed by atoms with E-state index in [1.165, 1.54) is 0 Å². The Hall–Kier alpha value is -2.54. The van der Waals surface area contributed by atoms with Crippen LogP contribution in [0.3, 0.4) is 0 Å². The summed E-state index contributed by atoms with van der Waals surface area (Å²) < 4.78 is 34.9. The van der Waals surface area contributed by atoms with Crippen molar-refractivity contribution < 1.29 is 17.9 Å². The van der Waals surface area contributed by atoms with Crippen LogP contribution in [0.1, 0.15) is 18.1 Å². The molecule has 6 nitrogen and oxygen atoms in total. The van der Waals surface area contributed by atoms with E-state index in [0.29, 0.717) is 17.2 Å². The Kier molecular flexibility index (Phi) is 3.96. The smallest absolute Gasteiger partial charge is 0.276 e. The molecule has 0 fully saturated rings. The first kappa shape index (κ1) is 15.4. The normalized spacial score (nSPS) is 13.9. The van der Waals surface area contributed by atoms with E-state index in [4.69, 9.17) is 9.47 Å². The Labute approximate surface area is 134 Å². The molecule has 0 amide bonds. The average Bonchev–Trinajstić information content (AvgIpc) is 3.00. The molecule has 7 heteroatoms. The van der Waals surface area contributed by atoms with Gasteiger partial charge >= 0.3 is 0 Å². The van der Waals surface area contributed by atoms with Crippen molar-refractivity contribution in [2.45, 2.75) is 18.7 Å². The third-order valence-corrected chi connectivity index (χ3v) is 4.68. The van der Waals surface area contributed by atoms with Crippen LogP contribution in [0.2, 0.25) is 0 Å². The standard InChI is InChI=1S/C16H16N2O4S/c1-11-3-6-14(7-4-11)23(19,20)18-17-12(2)13-5-8-15-16(9-13)22-10-21-15/h3-9,18H,10H2,1-2H3. The second-order valence-corrected chi connectivity index (χ2v) is 6.83. The Balaban J connectivity index is 1.80. The SMILES string of the molecule is CC(=NNS(=O)(=O)c1ccc(C)cc1)c1ccc2c(c1)OCO2. The number of benzene rings is 2. The lowest BCUT2D eigenvalue weighted by molar-refractivity contribution is 0.174. The van der Waals surface area contributed by atoms with Crippen LogP contribution >= 0.6 is 0 Å². The summed E-state index contributed by atoms with van der Waals surface area (Å²) in [5, 5.41) is 3.97. The minimum absolute atomic E-state index is 0.172. The van der Waals surface area contributed by atoms with Gasteiger partial charge in [-0.3, -0.25) is 0 Å². The van der Waals surface area contributed by atoms with Gasteiger partial charge in [0.15, 0.2) is 11.5 Å². The van der Waals surface area contributed by atoms with Crippen molar-refractivity contribution in [3.8, 4) is 11.5 Å². The molecule has 2 aromatic rings. The fourth-order valence-electron chi connectivity index (χ4n) is 2.08. The highest BCUT2D eigenvalue weighted by Crippen LogP contribution is 2.32. The van der Waals surface area contributed by atoms with Crippen molar-refractivity contribution in [1.29, 1.82) is 0 Å². The van der Waals surface area contributed by atoms with Crippen LogP contribution in [0.4, 0.5) is 0 Å². The van der Waals surface area contributed by atoms with E-state index < -0.39 is 10.0 Å². The third-order valence-electron chi connectivity index (χ3n) is 3.46. The molecule has 0 aliphatic carbocycles. The Morgan fingerprint density at radius 1 is 1.09 bits per heavy atom. The first-order valence-corrected chi connectivity index (χ1v) is 8.47. The highest BCUT2D eigenvalue weighted by molar-refractivity contribution is 7.89. The molecule has 0 bridgehead atoms. The summed E-state index contributed by atoms with van der Waals surface area (Å²) in [5.74, 6) is 1.29. The van der Waals surface area contributed by atoms with E-state index >= 15 is 0 Å². The minimum atomic E-state index is -3.69. The zero-order valence-corrected chi connectivity index (χ0v) is 13.6. The molecule has 1 aliphatic rings. The van der Waals surface area contributed by atoms with Gasteiger partial charge in [-0.2, -0.15) is 18.4 Å². The molecule has 0 radical (unpaired) electrons. The van der Waals surface area contributed by atoms with Crippen molar-refractivity contribution in [1.82, 2.24) is 4.83 Å². The molecule has 1 heterocycles. The number of hydrogen-bond donors (Lipinski definition) is 1. The van der Waals surface area contributed by atoms with Crippen LogP contribution in [0.25, 0.3) is 0 Å². The Bertz CT molecular complexity index is 858. The van der Waals surface area contributed by atoms with Crippen LogP contribution in [0.15, 0.2) is 52.5 Å². The number of aryl methyl sites for hydroxylation is 1. The highest BCUT2D eigenvalue weighted by atomic mass is 32.2. The van der Waals surface area contributed by atoms with Crippen LogP contribution < -0.4 is 14.3 Å². The van der Waals surface area contributed by atoms with E-state index in [-0.39, 0.29) is 11.7 Å². The number of hydrazone groups is 1. The second-order valence-electron chi connectivity index (χ2n) is 5.17. The predicted molar refractivity (Wildman–Crippen MR) is 86.3 cm³/mol. The second kappa shape index (κ2) is 5.92. The molecular formula is C16H16N2O4S. The average molecular weight is 332 g/mol. The number of sulfonamides is 1. The van der Waals surface area contributed by atoms with Gasteiger partial charge in [0.1, 0.15) is 0 Å². The van der Waals surface area contributed by atoms with Crippen molar-refractivity contribution >= 4 is 15.7 Å². The van der Waals surface area contributed by atoms with Gasteiger partial charge in [-0.25, -0.2) is 0 Å². The molecule has 1 N–H and O–H groups in total. The van der Waals surface area contributed by atoms with Gasteiger partial charge < -0.3 is 9.47 Å². The van der Waals surface area contributed by atoms with Gasteiger partial charge in [0, 0.05) is 5.56 Å². The molecule has 0 aromatic heterocycles. The van der Waals surface area contributed by atoms with Gasteiger partial charge in [-0.1, -0.05) is 17.7 Å². The van der Waals surface area contributed by atoms with E-state index in [2.05, 4.69) is 9.93 Å². The maximum Gasteiger partial charge on any atom is 0.276 e. The topological polar surface area (TPSA) is 77.0 Å². The first-order chi connectivity index (χ1) is 11.0. The maximum absolute atomic E-state index is 12.2. The first-order valence-electron chi connectivity index (χ1n) is 6.98. The summed E-state index contributed by atoms with van der Waals surface area (Å²) >= 11 is 0. The van der Waals surface area contributed by atoms with Gasteiger partial charge in [-0.15, -0.1) is 0 Å². The molecule has 3 rings (SSSR count). The number of nitrogens with zero attached hydrogens (tertiary/aromatic N) is 1. The zero-order chi connectivity index (χ0) is 16.4. The van der Waals surface area contributed by atoms with E-state index in [9.17, 15) is 8.42 Å². The summed E-state index contributed by atoms with van der Waals surface area (Å²) in [6, 6.07) is 11.9. The van der Waals surface area contributed by atoms with Gasteiger partial charge in [0.2, 0.25) is 6.79 Å². The quantitative estimate of drug-likeness (QED) is 0.689. The number of nitrogens with one attached hydrogen (secondary N) is 1. The molecule has 0 saturated carbocycles. The van der Waals surface area contributed by atoms with Crippen molar-refractivity contribution in [3.05, 3.63) is 53.6 Å². The Morgan fingerprint density at radius 3 is 2.52 bits per heavy atom. The highest BCUT2D eigenvalue weighted by Gasteiger charge is 2.15. The van der Waals surface area contributed by atoms with Crippen molar-refractivity contribution in [2.75, 3.05) is 6.79 Å². The molecule has 0 saturated heterocycles. The molecule has 0 atom stereocenters. The molecule has 0 unspecified atom stereocenters. The third kappa shape index (κ3) is 3.29. The monoisotopic (exact) mass is 332 g/mol. The summed E-state index contributed by atoms with van der Waals surface area (Å²) in [5.41, 5.74) is 2.27. The lowest BCUT2D eigenvalue weighted by Crippen LogP contribution is -2.19. The van der Waals surface area contributed by atoms with Crippen LogP contribution in [-0.2, 0) is 10.0 Å². The Morgan fingerprint density at radius 2 is 1.78 bits per heavy atom. The number of hydrogen-bond acceptors (Lipinski definition) is 5. The lowest BCUT2D eigenvalue weighted by Gasteiger charge is -2.06. The minimum Gasteiger partial charge on any atom is -0.454 e. The van der Waals surface area contributed by atoms with Crippen molar-refractivity contribution in [2.24, 2.45) is 5.10 Å². The number of fused-ring (bicyclic) bond motifs is 1. The maximum atomic E-state index is 12.2. The predicted octanol–water partition coefficient (Wildman–Crippen LogP) is 2.43. The van der Waals surface area contributed by atoms with Crippen LogP contribution in [0, 0.1) is 6.92 Å². The summed E-state index contributed by atoms with van der Waals surface area (Å²) in [6.07, 6.45) is 0. The largest absolute Gasteiger partial charge is 0.454 e. The van der Waals surface area contributed by atoms with E-state index in [0.717, 1.165) is 11.1 Å². The van der Waals surface area contributed by atoms with Gasteiger partial charge in [-0.05, 0) is 44.2 Å². The molecule has 23 heavy (non-hydrogen) atoms. The molecule has 1 aliphatic heterocycles. The van der Waals surface area contributed by atoms with Gasteiger partial charge in [0.05, 0.1) is 10.6 Å². The van der Waals surface area contributed by atoms with Crippen LogP contribution in [-0.4, -0.2) is 20.9 Å². The lowest BCUT2D eigenvalue weighted by atomic mass is 10.1. The zero-order valence-electron chi connectivity index (χ0n) is 12.7. The van der Waals surface area contributed by atoms with Gasteiger partial charge in [0.25, 0.3) is 10.0 Å².